The number of nitrogens with two attached hydrogens (primary N) is 1. The maximum Gasteiger partial charge on any atom is 0.161 e. The third-order valence-electron chi connectivity index (χ3n) is 2.54. The van der Waals surface area contributed by atoms with Gasteiger partial charge in [-0.05, 0) is 18.7 Å². The van der Waals surface area contributed by atoms with Gasteiger partial charge < -0.3 is 15.2 Å². The molecular formula is C11H15NO2. The smallest absolute Gasteiger partial charge is 0.161 e. The third kappa shape index (κ3) is 1.68. The molecule has 2 atom stereocenters. The summed E-state index contributed by atoms with van der Waals surface area (Å²) >= 11 is 0. The Hall–Kier alpha value is -1.22. The van der Waals surface area contributed by atoms with E-state index in [9.17, 15) is 0 Å². The van der Waals surface area contributed by atoms with Gasteiger partial charge in [-0.3, -0.25) is 0 Å². The third-order valence-corrected chi connectivity index (χ3v) is 2.54. The van der Waals surface area contributed by atoms with Gasteiger partial charge in [-0.15, -0.1) is 0 Å². The first-order valence-electron chi connectivity index (χ1n) is 4.90. The van der Waals surface area contributed by atoms with Crippen molar-refractivity contribution >= 4 is 0 Å². The molecule has 0 fully saturated rings. The molecule has 0 spiro atoms. The van der Waals surface area contributed by atoms with Crippen molar-refractivity contribution in [3.05, 3.63) is 24.3 Å². The minimum atomic E-state index is 0.0786. The highest BCUT2D eigenvalue weighted by atomic mass is 16.6. The number of rotatable bonds is 2. The molecule has 0 amide bonds. The first-order chi connectivity index (χ1) is 6.81. The predicted octanol–water partition coefficient (Wildman–Crippen LogP) is 1.42. The molecule has 3 heteroatoms. The van der Waals surface area contributed by atoms with Gasteiger partial charge in [-0.25, -0.2) is 0 Å². The largest absolute Gasteiger partial charge is 0.486 e. The van der Waals surface area contributed by atoms with Crippen molar-refractivity contribution in [3.8, 4) is 11.5 Å². The van der Waals surface area contributed by atoms with Crippen LogP contribution in [-0.2, 0) is 0 Å². The average molecular weight is 193 g/mol. The zero-order valence-electron chi connectivity index (χ0n) is 8.27. The van der Waals surface area contributed by atoms with Crippen LogP contribution in [0.25, 0.3) is 0 Å². The summed E-state index contributed by atoms with van der Waals surface area (Å²) in [4.78, 5) is 0. The Morgan fingerprint density at radius 3 is 2.86 bits per heavy atom. The van der Waals surface area contributed by atoms with E-state index < -0.39 is 0 Å². The maximum absolute atomic E-state index is 5.78. The van der Waals surface area contributed by atoms with Gasteiger partial charge in [0, 0.05) is 5.92 Å². The number of ether oxygens (including phenoxy) is 2. The standard InChI is InChI=1S/C11H15NO2/c1-8(6-12)11-7-13-9-4-2-3-5-10(9)14-11/h2-5,8,11H,6-7,12H2,1H3/t8-,11?/m0/s1. The Morgan fingerprint density at radius 2 is 2.14 bits per heavy atom. The van der Waals surface area contributed by atoms with Gasteiger partial charge in [0.2, 0.25) is 0 Å². The molecule has 2 N–H and O–H groups in total. The lowest BCUT2D eigenvalue weighted by Gasteiger charge is -2.29. The van der Waals surface area contributed by atoms with E-state index in [2.05, 4.69) is 6.92 Å². The summed E-state index contributed by atoms with van der Waals surface area (Å²) < 4.78 is 11.4. The average Bonchev–Trinajstić information content (AvgIpc) is 2.27. The number of para-hydroxylation sites is 2. The van der Waals surface area contributed by atoms with Gasteiger partial charge in [-0.1, -0.05) is 19.1 Å². The summed E-state index contributed by atoms with van der Waals surface area (Å²) in [5.74, 6) is 1.97. The number of hydrogen-bond acceptors (Lipinski definition) is 3. The number of hydrogen-bond donors (Lipinski definition) is 1. The van der Waals surface area contributed by atoms with Gasteiger partial charge in [0.15, 0.2) is 11.5 Å². The van der Waals surface area contributed by atoms with Crippen LogP contribution in [0.1, 0.15) is 6.92 Å². The van der Waals surface area contributed by atoms with E-state index in [0.717, 1.165) is 11.5 Å². The Balaban J connectivity index is 2.13. The van der Waals surface area contributed by atoms with Crippen LogP contribution in [-0.4, -0.2) is 19.3 Å². The van der Waals surface area contributed by atoms with Crippen molar-refractivity contribution in [2.75, 3.05) is 13.2 Å². The van der Waals surface area contributed by atoms with Gasteiger partial charge in [0.25, 0.3) is 0 Å². The monoisotopic (exact) mass is 193 g/mol. The second-order valence-corrected chi connectivity index (χ2v) is 3.63. The highest BCUT2D eigenvalue weighted by Gasteiger charge is 2.24. The summed E-state index contributed by atoms with van der Waals surface area (Å²) in [6.07, 6.45) is 0.0786. The molecule has 1 heterocycles. The van der Waals surface area contributed by atoms with Gasteiger partial charge in [0.1, 0.15) is 12.7 Å². The van der Waals surface area contributed by atoms with Crippen LogP contribution in [0.4, 0.5) is 0 Å². The van der Waals surface area contributed by atoms with E-state index in [0.29, 0.717) is 19.1 Å². The van der Waals surface area contributed by atoms with Crippen LogP contribution >= 0.6 is 0 Å². The zero-order chi connectivity index (χ0) is 9.97. The maximum atomic E-state index is 5.78. The first kappa shape index (κ1) is 9.34. The van der Waals surface area contributed by atoms with Crippen molar-refractivity contribution in [2.24, 2.45) is 11.7 Å². The van der Waals surface area contributed by atoms with Crippen LogP contribution in [0.15, 0.2) is 24.3 Å². The minimum absolute atomic E-state index is 0.0786. The van der Waals surface area contributed by atoms with E-state index in [1.54, 1.807) is 0 Å². The van der Waals surface area contributed by atoms with Crippen LogP contribution in [0, 0.1) is 5.92 Å². The molecule has 0 saturated carbocycles. The van der Waals surface area contributed by atoms with Crippen LogP contribution in [0.5, 0.6) is 11.5 Å². The Labute approximate surface area is 83.8 Å². The van der Waals surface area contributed by atoms with E-state index >= 15 is 0 Å². The molecule has 76 valence electrons. The Kier molecular flexibility index (Phi) is 2.59. The van der Waals surface area contributed by atoms with Crippen LogP contribution in [0.3, 0.4) is 0 Å². The van der Waals surface area contributed by atoms with Crippen molar-refractivity contribution in [1.29, 1.82) is 0 Å². The normalized spacial score (nSPS) is 21.7. The Morgan fingerprint density at radius 1 is 1.43 bits per heavy atom. The van der Waals surface area contributed by atoms with E-state index in [4.69, 9.17) is 15.2 Å². The summed E-state index contributed by atoms with van der Waals surface area (Å²) in [7, 11) is 0. The lowest BCUT2D eigenvalue weighted by molar-refractivity contribution is 0.0561. The molecule has 0 aliphatic carbocycles. The molecule has 3 nitrogen and oxygen atoms in total. The van der Waals surface area contributed by atoms with Gasteiger partial charge in [0.05, 0.1) is 0 Å². The van der Waals surface area contributed by atoms with Crippen molar-refractivity contribution < 1.29 is 9.47 Å². The minimum Gasteiger partial charge on any atom is -0.486 e. The molecular weight excluding hydrogens is 178 g/mol. The summed E-state index contributed by atoms with van der Waals surface area (Å²) in [5, 5.41) is 0. The molecule has 1 aromatic rings. The van der Waals surface area contributed by atoms with Gasteiger partial charge >= 0.3 is 0 Å². The summed E-state index contributed by atoms with van der Waals surface area (Å²) in [6.45, 7) is 3.29. The predicted molar refractivity (Wildman–Crippen MR) is 54.6 cm³/mol. The van der Waals surface area contributed by atoms with E-state index in [1.165, 1.54) is 0 Å². The second kappa shape index (κ2) is 3.88. The molecule has 14 heavy (non-hydrogen) atoms. The molecule has 0 radical (unpaired) electrons. The molecule has 1 aromatic carbocycles. The molecule has 0 aromatic heterocycles. The van der Waals surface area contributed by atoms with E-state index in [1.807, 2.05) is 24.3 Å². The SMILES string of the molecule is C[C@@H](CN)C1COc2ccccc2O1. The van der Waals surface area contributed by atoms with Crippen molar-refractivity contribution in [2.45, 2.75) is 13.0 Å². The zero-order valence-corrected chi connectivity index (χ0v) is 8.27. The van der Waals surface area contributed by atoms with Crippen molar-refractivity contribution in [3.63, 3.8) is 0 Å². The molecule has 1 aliphatic rings. The Bertz CT molecular complexity index is 314. The quantitative estimate of drug-likeness (QED) is 0.772. The summed E-state index contributed by atoms with van der Waals surface area (Å²) in [6, 6.07) is 7.72. The van der Waals surface area contributed by atoms with Crippen LogP contribution < -0.4 is 15.2 Å². The highest BCUT2D eigenvalue weighted by Crippen LogP contribution is 2.32. The van der Waals surface area contributed by atoms with Crippen molar-refractivity contribution in [1.82, 2.24) is 0 Å². The second-order valence-electron chi connectivity index (χ2n) is 3.63. The number of benzene rings is 1. The molecule has 0 bridgehead atoms. The topological polar surface area (TPSA) is 44.5 Å². The summed E-state index contributed by atoms with van der Waals surface area (Å²) in [5.41, 5.74) is 5.59. The fourth-order valence-electron chi connectivity index (χ4n) is 1.47. The number of fused-ring (bicyclic) bond motifs is 1. The lowest BCUT2D eigenvalue weighted by Crippen LogP contribution is -2.38. The van der Waals surface area contributed by atoms with Crippen LogP contribution in [0.2, 0.25) is 0 Å². The lowest BCUT2D eigenvalue weighted by atomic mass is 10.1. The highest BCUT2D eigenvalue weighted by molar-refractivity contribution is 5.40. The fourth-order valence-corrected chi connectivity index (χ4v) is 1.47. The van der Waals surface area contributed by atoms with E-state index in [-0.39, 0.29) is 6.10 Å². The molecule has 2 rings (SSSR count). The molecule has 1 unspecified atom stereocenters. The van der Waals surface area contributed by atoms with Gasteiger partial charge in [-0.2, -0.15) is 0 Å². The first-order valence-corrected chi connectivity index (χ1v) is 4.90. The fraction of sp³-hybridized carbons (Fsp3) is 0.455. The molecule has 1 aliphatic heterocycles. The molecule has 0 saturated heterocycles.